The third-order valence-electron chi connectivity index (χ3n) is 4.99. The van der Waals surface area contributed by atoms with E-state index in [0.29, 0.717) is 30.6 Å². The van der Waals surface area contributed by atoms with E-state index in [0.717, 1.165) is 13.0 Å². The Hall–Kier alpha value is -0.610. The highest BCUT2D eigenvalue weighted by atomic mass is 16.5. The molecule has 1 aliphatic carbocycles. The molecule has 1 saturated heterocycles. The van der Waals surface area contributed by atoms with Gasteiger partial charge in [-0.2, -0.15) is 0 Å². The number of carboxylic acids is 1. The zero-order valence-corrected chi connectivity index (χ0v) is 13.3. The van der Waals surface area contributed by atoms with Gasteiger partial charge in [0, 0.05) is 12.1 Å². The maximum Gasteiger partial charge on any atom is 0.310 e. The topological polar surface area (TPSA) is 49.8 Å². The molecule has 116 valence electrons. The normalized spacial score (nSPS) is 37.2. The predicted molar refractivity (Wildman–Crippen MR) is 78.7 cm³/mol. The van der Waals surface area contributed by atoms with Gasteiger partial charge in [-0.3, -0.25) is 9.69 Å². The number of ether oxygens (including phenoxy) is 1. The average molecular weight is 283 g/mol. The summed E-state index contributed by atoms with van der Waals surface area (Å²) in [7, 11) is 0. The van der Waals surface area contributed by atoms with Crippen molar-refractivity contribution < 1.29 is 14.6 Å². The Morgan fingerprint density at radius 3 is 2.60 bits per heavy atom. The standard InChI is InChI=1S/C16H29NO3/c1-5-17(14-10-20-9-13(14)15(18)19)12-6-11(2)7-16(3,4)8-12/h11-14H,5-10H2,1-4H3,(H,18,19). The second-order valence-corrected chi connectivity index (χ2v) is 7.45. The number of rotatable bonds is 4. The van der Waals surface area contributed by atoms with Crippen LogP contribution >= 0.6 is 0 Å². The summed E-state index contributed by atoms with van der Waals surface area (Å²) >= 11 is 0. The lowest BCUT2D eigenvalue weighted by Crippen LogP contribution is -2.51. The van der Waals surface area contributed by atoms with Crippen LogP contribution in [0, 0.1) is 17.3 Å². The molecule has 2 aliphatic rings. The van der Waals surface area contributed by atoms with Crippen LogP contribution in [0.2, 0.25) is 0 Å². The zero-order chi connectivity index (χ0) is 14.9. The van der Waals surface area contributed by atoms with E-state index in [2.05, 4.69) is 32.6 Å². The SMILES string of the molecule is CCN(C1CC(C)CC(C)(C)C1)C1COCC1C(=O)O. The minimum atomic E-state index is -0.714. The van der Waals surface area contributed by atoms with E-state index in [1.807, 2.05) is 0 Å². The molecule has 2 rings (SSSR count). The Morgan fingerprint density at radius 1 is 1.35 bits per heavy atom. The summed E-state index contributed by atoms with van der Waals surface area (Å²) in [4.78, 5) is 13.8. The van der Waals surface area contributed by atoms with Crippen molar-refractivity contribution in [2.45, 2.75) is 59.0 Å². The molecule has 0 aromatic rings. The Morgan fingerprint density at radius 2 is 2.05 bits per heavy atom. The summed E-state index contributed by atoms with van der Waals surface area (Å²) in [6.45, 7) is 11.0. The van der Waals surface area contributed by atoms with Gasteiger partial charge in [-0.1, -0.05) is 27.7 Å². The van der Waals surface area contributed by atoms with E-state index in [1.54, 1.807) is 0 Å². The van der Waals surface area contributed by atoms with Crippen LogP contribution in [0.15, 0.2) is 0 Å². The molecule has 4 unspecified atom stereocenters. The van der Waals surface area contributed by atoms with Crippen molar-refractivity contribution in [3.05, 3.63) is 0 Å². The van der Waals surface area contributed by atoms with E-state index in [-0.39, 0.29) is 12.0 Å². The highest BCUT2D eigenvalue weighted by Crippen LogP contribution is 2.41. The summed E-state index contributed by atoms with van der Waals surface area (Å²) in [6.07, 6.45) is 3.61. The van der Waals surface area contributed by atoms with Crippen LogP contribution in [0.3, 0.4) is 0 Å². The van der Waals surface area contributed by atoms with Gasteiger partial charge in [-0.05, 0) is 37.1 Å². The van der Waals surface area contributed by atoms with Gasteiger partial charge in [0.1, 0.15) is 0 Å². The fourth-order valence-electron chi connectivity index (χ4n) is 4.42. The number of likely N-dealkylation sites (N-methyl/N-ethyl adjacent to an activating group) is 1. The van der Waals surface area contributed by atoms with Crippen LogP contribution in [-0.2, 0) is 9.53 Å². The van der Waals surface area contributed by atoms with Crippen LogP contribution in [0.25, 0.3) is 0 Å². The van der Waals surface area contributed by atoms with Crippen molar-refractivity contribution in [2.75, 3.05) is 19.8 Å². The maximum absolute atomic E-state index is 11.4. The number of hydrogen-bond donors (Lipinski definition) is 1. The number of aliphatic carboxylic acids is 1. The second kappa shape index (κ2) is 6.02. The summed E-state index contributed by atoms with van der Waals surface area (Å²) in [5.41, 5.74) is 0.355. The molecule has 1 N–H and O–H groups in total. The molecule has 0 aromatic carbocycles. The first-order valence-electron chi connectivity index (χ1n) is 7.90. The second-order valence-electron chi connectivity index (χ2n) is 7.45. The molecular formula is C16H29NO3. The quantitative estimate of drug-likeness (QED) is 0.861. The van der Waals surface area contributed by atoms with E-state index < -0.39 is 5.97 Å². The lowest BCUT2D eigenvalue weighted by molar-refractivity contribution is -0.143. The zero-order valence-electron chi connectivity index (χ0n) is 13.3. The molecule has 0 spiro atoms. The Kier molecular flexibility index (Phi) is 4.75. The van der Waals surface area contributed by atoms with Gasteiger partial charge in [0.15, 0.2) is 0 Å². The monoisotopic (exact) mass is 283 g/mol. The fraction of sp³-hybridized carbons (Fsp3) is 0.938. The smallest absolute Gasteiger partial charge is 0.310 e. The molecular weight excluding hydrogens is 254 g/mol. The van der Waals surface area contributed by atoms with Gasteiger partial charge in [0.05, 0.1) is 19.1 Å². The molecule has 1 saturated carbocycles. The van der Waals surface area contributed by atoms with Crippen LogP contribution < -0.4 is 0 Å². The summed E-state index contributed by atoms with van der Waals surface area (Å²) in [5.74, 6) is -0.368. The van der Waals surface area contributed by atoms with Crippen LogP contribution in [0.4, 0.5) is 0 Å². The van der Waals surface area contributed by atoms with Gasteiger partial charge in [0.25, 0.3) is 0 Å². The van der Waals surface area contributed by atoms with Crippen LogP contribution in [-0.4, -0.2) is 47.8 Å². The van der Waals surface area contributed by atoms with E-state index in [4.69, 9.17) is 4.74 Å². The van der Waals surface area contributed by atoms with E-state index in [9.17, 15) is 9.90 Å². The first-order chi connectivity index (χ1) is 9.34. The van der Waals surface area contributed by atoms with Crippen molar-refractivity contribution >= 4 is 5.97 Å². The first kappa shape index (κ1) is 15.8. The Bertz CT molecular complexity index is 356. The van der Waals surface area contributed by atoms with E-state index >= 15 is 0 Å². The summed E-state index contributed by atoms with van der Waals surface area (Å²) in [6, 6.07) is 0.538. The maximum atomic E-state index is 11.4. The molecule has 4 heteroatoms. The minimum Gasteiger partial charge on any atom is -0.481 e. The van der Waals surface area contributed by atoms with Crippen LogP contribution in [0.5, 0.6) is 0 Å². The van der Waals surface area contributed by atoms with Crippen molar-refractivity contribution in [2.24, 2.45) is 17.3 Å². The van der Waals surface area contributed by atoms with Crippen molar-refractivity contribution in [1.82, 2.24) is 4.90 Å². The van der Waals surface area contributed by atoms with E-state index in [1.165, 1.54) is 12.8 Å². The summed E-state index contributed by atoms with van der Waals surface area (Å²) < 4.78 is 5.46. The molecule has 1 heterocycles. The van der Waals surface area contributed by atoms with Crippen LogP contribution in [0.1, 0.15) is 47.0 Å². The molecule has 0 aromatic heterocycles. The van der Waals surface area contributed by atoms with Gasteiger partial charge >= 0.3 is 5.97 Å². The van der Waals surface area contributed by atoms with Gasteiger partial charge in [-0.15, -0.1) is 0 Å². The average Bonchev–Trinajstić information content (AvgIpc) is 2.76. The highest BCUT2D eigenvalue weighted by molar-refractivity contribution is 5.71. The molecule has 1 aliphatic heterocycles. The largest absolute Gasteiger partial charge is 0.481 e. The lowest BCUT2D eigenvalue weighted by Gasteiger charge is -2.46. The Labute approximate surface area is 122 Å². The molecule has 4 nitrogen and oxygen atoms in total. The summed E-state index contributed by atoms with van der Waals surface area (Å²) in [5, 5.41) is 9.37. The first-order valence-corrected chi connectivity index (χ1v) is 7.90. The van der Waals surface area contributed by atoms with Crippen molar-refractivity contribution in [3.63, 3.8) is 0 Å². The lowest BCUT2D eigenvalue weighted by atomic mass is 9.70. The number of carboxylic acid groups (broad SMARTS) is 1. The van der Waals surface area contributed by atoms with Gasteiger partial charge in [0.2, 0.25) is 0 Å². The molecule has 2 fully saturated rings. The number of hydrogen-bond acceptors (Lipinski definition) is 3. The Balaban J connectivity index is 2.13. The molecule has 0 bridgehead atoms. The van der Waals surface area contributed by atoms with Gasteiger partial charge < -0.3 is 9.84 Å². The number of carbonyl (C=O) groups is 1. The third kappa shape index (κ3) is 3.34. The molecule has 0 amide bonds. The predicted octanol–water partition coefficient (Wildman–Crippen LogP) is 2.62. The van der Waals surface area contributed by atoms with Crippen molar-refractivity contribution in [1.29, 1.82) is 0 Å². The number of nitrogens with zero attached hydrogens (tertiary/aromatic N) is 1. The third-order valence-corrected chi connectivity index (χ3v) is 4.99. The minimum absolute atomic E-state index is 0.0450. The van der Waals surface area contributed by atoms with Gasteiger partial charge in [-0.25, -0.2) is 0 Å². The highest BCUT2D eigenvalue weighted by Gasteiger charge is 2.43. The fourth-order valence-corrected chi connectivity index (χ4v) is 4.42. The van der Waals surface area contributed by atoms with Crippen molar-refractivity contribution in [3.8, 4) is 0 Å². The molecule has 20 heavy (non-hydrogen) atoms. The molecule has 4 atom stereocenters. The molecule has 0 radical (unpaired) electrons.